The van der Waals surface area contributed by atoms with Crippen molar-refractivity contribution in [1.29, 1.82) is 0 Å². The number of hydrogen-bond acceptors (Lipinski definition) is 5. The zero-order valence-electron chi connectivity index (χ0n) is 14.5. The minimum absolute atomic E-state index is 0.369. The Morgan fingerprint density at radius 1 is 0.893 bits per heavy atom. The summed E-state index contributed by atoms with van der Waals surface area (Å²) in [4.78, 5) is 17.7. The van der Waals surface area contributed by atoms with Crippen LogP contribution in [0.4, 0.5) is 4.39 Å². The number of aromatic nitrogens is 5. The summed E-state index contributed by atoms with van der Waals surface area (Å²) >= 11 is 0. The second kappa shape index (κ2) is 6.31. The van der Waals surface area contributed by atoms with Crippen LogP contribution >= 0.6 is 0 Å². The summed E-state index contributed by atoms with van der Waals surface area (Å²) in [7, 11) is 0. The zero-order valence-corrected chi connectivity index (χ0v) is 14.5. The van der Waals surface area contributed by atoms with Crippen molar-refractivity contribution in [3.05, 3.63) is 84.5 Å². The predicted octanol–water partition coefficient (Wildman–Crippen LogP) is 3.68. The average Bonchev–Trinajstić information content (AvgIpc) is 2.72. The van der Waals surface area contributed by atoms with Crippen LogP contribution in [0, 0.1) is 11.0 Å². The molecule has 0 N–H and O–H groups in total. The van der Waals surface area contributed by atoms with Gasteiger partial charge in [0.15, 0.2) is 18.0 Å². The van der Waals surface area contributed by atoms with E-state index in [1.54, 1.807) is 55.0 Å². The Morgan fingerprint density at radius 3 is 2.64 bits per heavy atom. The molecule has 0 amide bonds. The largest absolute Gasteiger partial charge is 0.619 e. The summed E-state index contributed by atoms with van der Waals surface area (Å²) in [6.45, 7) is 0. The molecule has 4 heterocycles. The molecule has 0 bridgehead atoms. The number of fused-ring (bicyclic) bond motifs is 2. The number of rotatable bonds is 2. The molecule has 28 heavy (non-hydrogen) atoms. The highest BCUT2D eigenvalue weighted by molar-refractivity contribution is 6.01. The maximum atomic E-state index is 14.4. The first-order valence-corrected chi connectivity index (χ1v) is 8.55. The third kappa shape index (κ3) is 2.61. The van der Waals surface area contributed by atoms with E-state index < -0.39 is 0 Å². The molecule has 0 aliphatic rings. The molecule has 0 aliphatic carbocycles. The highest BCUT2D eigenvalue weighted by Gasteiger charge is 2.16. The molecule has 0 saturated heterocycles. The summed E-state index contributed by atoms with van der Waals surface area (Å²) < 4.78 is 15.1. The summed E-state index contributed by atoms with van der Waals surface area (Å²) in [6, 6.07) is 11.7. The first kappa shape index (κ1) is 16.2. The third-order valence-corrected chi connectivity index (χ3v) is 4.52. The van der Waals surface area contributed by atoms with Crippen molar-refractivity contribution >= 4 is 21.9 Å². The molecular formula is C21H12FN5O. The summed E-state index contributed by atoms with van der Waals surface area (Å²) in [5, 5.41) is 13.2. The fourth-order valence-corrected chi connectivity index (χ4v) is 3.26. The van der Waals surface area contributed by atoms with Crippen molar-refractivity contribution in [3.63, 3.8) is 0 Å². The van der Waals surface area contributed by atoms with Gasteiger partial charge in [0, 0.05) is 41.2 Å². The summed E-state index contributed by atoms with van der Waals surface area (Å²) in [6.07, 6.45) is 7.64. The smallest absolute Gasteiger partial charge is 0.188 e. The molecule has 4 aromatic heterocycles. The quantitative estimate of drug-likeness (QED) is 0.350. The van der Waals surface area contributed by atoms with Crippen molar-refractivity contribution in [1.82, 2.24) is 19.9 Å². The van der Waals surface area contributed by atoms with Crippen LogP contribution in [-0.4, -0.2) is 19.9 Å². The Hall–Kier alpha value is -4.00. The monoisotopic (exact) mass is 369 g/mol. The van der Waals surface area contributed by atoms with E-state index in [0.29, 0.717) is 33.7 Å². The summed E-state index contributed by atoms with van der Waals surface area (Å²) in [5.74, 6) is -0.373. The molecule has 134 valence electrons. The Morgan fingerprint density at radius 2 is 1.75 bits per heavy atom. The van der Waals surface area contributed by atoms with E-state index in [1.165, 1.54) is 18.5 Å². The second-order valence-corrected chi connectivity index (χ2v) is 6.23. The van der Waals surface area contributed by atoms with Crippen LogP contribution in [0.2, 0.25) is 0 Å². The van der Waals surface area contributed by atoms with Crippen molar-refractivity contribution in [2.75, 3.05) is 0 Å². The Bertz CT molecular complexity index is 1360. The third-order valence-electron chi connectivity index (χ3n) is 4.52. The van der Waals surface area contributed by atoms with Crippen molar-refractivity contribution < 1.29 is 9.12 Å². The van der Waals surface area contributed by atoms with Gasteiger partial charge in [-0.1, -0.05) is 12.1 Å². The van der Waals surface area contributed by atoms with Crippen molar-refractivity contribution in [3.8, 4) is 22.5 Å². The van der Waals surface area contributed by atoms with E-state index in [1.807, 2.05) is 0 Å². The number of benzene rings is 1. The highest BCUT2D eigenvalue weighted by Crippen LogP contribution is 2.33. The van der Waals surface area contributed by atoms with Gasteiger partial charge in [-0.2, -0.15) is 4.73 Å². The van der Waals surface area contributed by atoms with Crippen molar-refractivity contribution in [2.45, 2.75) is 0 Å². The number of nitrogens with zero attached hydrogens (tertiary/aromatic N) is 5. The maximum absolute atomic E-state index is 14.4. The van der Waals surface area contributed by atoms with Gasteiger partial charge < -0.3 is 5.21 Å². The van der Waals surface area contributed by atoms with Gasteiger partial charge in [0.05, 0.1) is 16.8 Å². The van der Waals surface area contributed by atoms with E-state index in [-0.39, 0.29) is 5.82 Å². The van der Waals surface area contributed by atoms with Crippen LogP contribution < -0.4 is 4.73 Å². The molecule has 6 nitrogen and oxygen atoms in total. The highest BCUT2D eigenvalue weighted by atomic mass is 19.1. The van der Waals surface area contributed by atoms with E-state index in [9.17, 15) is 9.60 Å². The van der Waals surface area contributed by atoms with Gasteiger partial charge in [0.1, 0.15) is 11.3 Å². The molecule has 0 saturated carbocycles. The standard InChI is InChI=1S/C21H12FN5O/c22-17-4-2-1-3-15(17)18-11-16(20-21(26-18)25-9-8-24-20)19-14-6-10-27(28)12-13(14)5-7-23-19/h1-12H. The lowest BCUT2D eigenvalue weighted by Gasteiger charge is -2.10. The molecule has 0 spiro atoms. The van der Waals surface area contributed by atoms with Gasteiger partial charge in [0.2, 0.25) is 0 Å². The molecule has 0 radical (unpaired) electrons. The van der Waals surface area contributed by atoms with Crippen molar-refractivity contribution in [2.24, 2.45) is 0 Å². The molecule has 1 aromatic carbocycles. The van der Waals surface area contributed by atoms with E-state index in [4.69, 9.17) is 0 Å². The van der Waals surface area contributed by atoms with Crippen LogP contribution in [0.25, 0.3) is 44.5 Å². The molecule has 7 heteroatoms. The van der Waals surface area contributed by atoms with Gasteiger partial charge in [-0.25, -0.2) is 14.4 Å². The average molecular weight is 369 g/mol. The summed E-state index contributed by atoms with van der Waals surface area (Å²) in [5.41, 5.74) is 3.06. The maximum Gasteiger partial charge on any atom is 0.188 e. The van der Waals surface area contributed by atoms with Crippen LogP contribution in [0.1, 0.15) is 0 Å². The Labute approximate surface area is 158 Å². The zero-order chi connectivity index (χ0) is 19.1. The van der Waals surface area contributed by atoms with Gasteiger partial charge in [-0.05, 0) is 24.3 Å². The van der Waals surface area contributed by atoms with Crippen LogP contribution in [0.3, 0.4) is 0 Å². The van der Waals surface area contributed by atoms with Gasteiger partial charge in [0.25, 0.3) is 0 Å². The minimum atomic E-state index is -0.373. The molecule has 5 aromatic rings. The molecule has 0 fully saturated rings. The molecule has 0 atom stereocenters. The number of halogens is 1. The van der Waals surface area contributed by atoms with Gasteiger partial charge in [-0.3, -0.25) is 9.97 Å². The normalized spacial score (nSPS) is 11.2. The fraction of sp³-hybridized carbons (Fsp3) is 0. The lowest BCUT2D eigenvalue weighted by Crippen LogP contribution is -2.23. The Balaban J connectivity index is 1.86. The van der Waals surface area contributed by atoms with Crippen LogP contribution in [-0.2, 0) is 0 Å². The lowest BCUT2D eigenvalue weighted by molar-refractivity contribution is -0.603. The molecule has 5 rings (SSSR count). The first-order chi connectivity index (χ1) is 13.7. The molecular weight excluding hydrogens is 357 g/mol. The minimum Gasteiger partial charge on any atom is -0.619 e. The first-order valence-electron chi connectivity index (χ1n) is 8.55. The fourth-order valence-electron chi connectivity index (χ4n) is 3.26. The molecule has 0 unspecified atom stereocenters. The van der Waals surface area contributed by atoms with E-state index >= 15 is 0 Å². The Kier molecular flexibility index (Phi) is 3.65. The molecule has 0 aliphatic heterocycles. The SMILES string of the molecule is [O-][n+]1ccc2c(-c3cc(-c4ccccc4F)nc4nccnc34)nccc2c1. The van der Waals surface area contributed by atoms with Crippen LogP contribution in [0.5, 0.6) is 0 Å². The second-order valence-electron chi connectivity index (χ2n) is 6.23. The number of hydrogen-bond donors (Lipinski definition) is 0. The van der Waals surface area contributed by atoms with Crippen LogP contribution in [0.15, 0.2) is 73.4 Å². The van der Waals surface area contributed by atoms with Gasteiger partial charge >= 0.3 is 0 Å². The van der Waals surface area contributed by atoms with E-state index in [2.05, 4.69) is 19.9 Å². The van der Waals surface area contributed by atoms with E-state index in [0.717, 1.165) is 15.5 Å². The predicted molar refractivity (Wildman–Crippen MR) is 102 cm³/mol. The van der Waals surface area contributed by atoms with Gasteiger partial charge in [-0.15, -0.1) is 0 Å². The lowest BCUT2D eigenvalue weighted by atomic mass is 10.0. The topological polar surface area (TPSA) is 78.5 Å². The number of pyridine rings is 3.